The lowest BCUT2D eigenvalue weighted by atomic mass is 10.00. The molecule has 4 nitrogen and oxygen atoms in total. The van der Waals surface area contributed by atoms with E-state index in [0.717, 1.165) is 37.2 Å². The molecule has 1 aliphatic heterocycles. The molecule has 0 spiro atoms. The molecule has 0 aliphatic carbocycles. The average molecular weight is 335 g/mol. The van der Waals surface area contributed by atoms with Gasteiger partial charge in [0.05, 0.1) is 0 Å². The Balaban J connectivity index is 2.30. The van der Waals surface area contributed by atoms with Gasteiger partial charge in [0.1, 0.15) is 0 Å². The van der Waals surface area contributed by atoms with E-state index in [9.17, 15) is 21.6 Å². The largest absolute Gasteiger partial charge is 0.569 e. The third-order valence-corrected chi connectivity index (χ3v) is 4.42. The number of fused-ring (bicyclic) bond motifs is 1. The molecule has 0 saturated carbocycles. The van der Waals surface area contributed by atoms with Gasteiger partial charge in [0, 0.05) is 18.8 Å². The number of benzene rings is 1. The van der Waals surface area contributed by atoms with Crippen molar-refractivity contribution < 1.29 is 21.6 Å². The average Bonchev–Trinajstić information content (AvgIpc) is 2.37. The molecule has 8 heteroatoms. The summed E-state index contributed by atoms with van der Waals surface area (Å²) in [4.78, 5) is 2.07. The second-order valence-electron chi connectivity index (χ2n) is 5.77. The minimum atomic E-state index is -5.51. The molecule has 0 atom stereocenters. The predicted molar refractivity (Wildman–Crippen MR) is 79.8 cm³/mol. The summed E-state index contributed by atoms with van der Waals surface area (Å²) in [7, 11) is -5.51. The van der Waals surface area contributed by atoms with Gasteiger partial charge in [0.25, 0.3) is 0 Å². The lowest BCUT2D eigenvalue weighted by Gasteiger charge is -2.34. The van der Waals surface area contributed by atoms with Gasteiger partial charge in [0.15, 0.2) is 10.0 Å². The van der Waals surface area contributed by atoms with Gasteiger partial charge in [-0.2, -0.15) is 13.2 Å². The zero-order valence-electron chi connectivity index (χ0n) is 12.4. The summed E-state index contributed by atoms with van der Waals surface area (Å²) in [6.45, 7) is 5.68. The molecule has 22 heavy (non-hydrogen) atoms. The van der Waals surface area contributed by atoms with Crippen molar-refractivity contribution in [2.24, 2.45) is 5.92 Å². The molecular formula is C14H18F3N2O2S-. The van der Waals surface area contributed by atoms with E-state index in [1.165, 1.54) is 12.1 Å². The topological polar surface area (TPSA) is 51.5 Å². The molecule has 1 heterocycles. The molecule has 0 radical (unpaired) electrons. The molecule has 0 unspecified atom stereocenters. The van der Waals surface area contributed by atoms with Gasteiger partial charge in [-0.1, -0.05) is 32.0 Å². The zero-order chi connectivity index (χ0) is 16.5. The highest BCUT2D eigenvalue weighted by atomic mass is 32.2. The number of hydrogen-bond donors (Lipinski definition) is 0. The molecule has 0 fully saturated rings. The standard InChI is InChI=1S/C14H18F3N2O2S/c1-10(2)9-19-7-3-4-11-5-6-12(8-13(11)19)18-22(20,21)14(15,16)17/h5-6,8,10H,3-4,7,9H2,1-2H3/q-1. The lowest BCUT2D eigenvalue weighted by Crippen LogP contribution is -2.32. The Morgan fingerprint density at radius 3 is 2.59 bits per heavy atom. The smallest absolute Gasteiger partial charge is 0.483 e. The molecule has 1 aliphatic rings. The Hall–Kier alpha value is -1.44. The first-order chi connectivity index (χ1) is 10.1. The molecule has 0 saturated heterocycles. The Morgan fingerprint density at radius 2 is 2.00 bits per heavy atom. The van der Waals surface area contributed by atoms with Crippen LogP contribution in [0.15, 0.2) is 18.2 Å². The van der Waals surface area contributed by atoms with Crippen molar-refractivity contribution in [3.8, 4) is 0 Å². The van der Waals surface area contributed by atoms with Crippen molar-refractivity contribution in [3.63, 3.8) is 0 Å². The van der Waals surface area contributed by atoms with Crippen molar-refractivity contribution in [2.75, 3.05) is 18.0 Å². The van der Waals surface area contributed by atoms with Crippen LogP contribution in [-0.2, 0) is 16.4 Å². The quantitative estimate of drug-likeness (QED) is 0.837. The molecule has 0 amide bonds. The lowest BCUT2D eigenvalue weighted by molar-refractivity contribution is -0.0425. The van der Waals surface area contributed by atoms with Crippen LogP contribution in [0, 0.1) is 5.92 Å². The van der Waals surface area contributed by atoms with Gasteiger partial charge < -0.3 is 9.62 Å². The summed E-state index contributed by atoms with van der Waals surface area (Å²) < 4.78 is 62.4. The van der Waals surface area contributed by atoms with Crippen LogP contribution in [0.2, 0.25) is 0 Å². The number of aryl methyl sites for hydroxylation is 1. The van der Waals surface area contributed by atoms with Crippen molar-refractivity contribution in [2.45, 2.75) is 32.2 Å². The molecule has 2 rings (SSSR count). The van der Waals surface area contributed by atoms with E-state index in [4.69, 9.17) is 0 Å². The van der Waals surface area contributed by atoms with E-state index in [0.29, 0.717) is 5.92 Å². The van der Waals surface area contributed by atoms with Crippen LogP contribution in [0.1, 0.15) is 25.8 Å². The van der Waals surface area contributed by atoms with Crippen molar-refractivity contribution in [1.82, 2.24) is 0 Å². The Morgan fingerprint density at radius 1 is 1.32 bits per heavy atom. The first-order valence-electron chi connectivity index (χ1n) is 7.02. The second-order valence-corrected chi connectivity index (χ2v) is 7.36. The van der Waals surface area contributed by atoms with Crippen LogP contribution in [0.5, 0.6) is 0 Å². The number of rotatable bonds is 4. The fourth-order valence-corrected chi connectivity index (χ4v) is 3.01. The Labute approximate surface area is 128 Å². The maximum atomic E-state index is 12.4. The monoisotopic (exact) mass is 335 g/mol. The summed E-state index contributed by atoms with van der Waals surface area (Å²) in [6.07, 6.45) is 1.80. The zero-order valence-corrected chi connectivity index (χ0v) is 13.2. The van der Waals surface area contributed by atoms with E-state index in [-0.39, 0.29) is 5.69 Å². The molecule has 124 valence electrons. The number of anilines is 1. The number of hydrogen-bond acceptors (Lipinski definition) is 3. The van der Waals surface area contributed by atoms with E-state index < -0.39 is 15.5 Å². The number of alkyl halides is 3. The van der Waals surface area contributed by atoms with Crippen molar-refractivity contribution >= 4 is 21.4 Å². The third kappa shape index (κ3) is 3.66. The molecule has 1 aromatic carbocycles. The van der Waals surface area contributed by atoms with Crippen LogP contribution in [0.3, 0.4) is 0 Å². The highest BCUT2D eigenvalue weighted by Crippen LogP contribution is 2.38. The minimum Gasteiger partial charge on any atom is -0.569 e. The summed E-state index contributed by atoms with van der Waals surface area (Å²) in [6, 6.07) is 4.41. The summed E-state index contributed by atoms with van der Waals surface area (Å²) in [5.74, 6) is 0.394. The second kappa shape index (κ2) is 5.98. The fourth-order valence-electron chi connectivity index (χ4n) is 2.52. The Kier molecular flexibility index (Phi) is 4.60. The summed E-state index contributed by atoms with van der Waals surface area (Å²) >= 11 is 0. The number of sulfonamides is 1. The molecular weight excluding hydrogens is 317 g/mol. The predicted octanol–water partition coefficient (Wildman–Crippen LogP) is 3.95. The summed E-state index contributed by atoms with van der Waals surface area (Å²) in [5.41, 5.74) is -3.78. The van der Waals surface area contributed by atoms with Gasteiger partial charge in [0.2, 0.25) is 0 Å². The number of halogens is 3. The van der Waals surface area contributed by atoms with E-state index in [1.807, 2.05) is 0 Å². The van der Waals surface area contributed by atoms with Gasteiger partial charge in [-0.15, -0.1) is 5.69 Å². The van der Waals surface area contributed by atoms with Crippen LogP contribution >= 0.6 is 0 Å². The number of nitrogens with zero attached hydrogens (tertiary/aromatic N) is 2. The third-order valence-electron chi connectivity index (χ3n) is 3.39. The van der Waals surface area contributed by atoms with Gasteiger partial charge >= 0.3 is 5.51 Å². The van der Waals surface area contributed by atoms with Gasteiger partial charge in [-0.3, -0.25) is 0 Å². The van der Waals surface area contributed by atoms with Gasteiger partial charge in [-0.25, -0.2) is 8.42 Å². The SMILES string of the molecule is CC(C)CN1CCCc2ccc([N-]S(=O)(=O)C(F)(F)F)cc21. The fraction of sp³-hybridized carbons (Fsp3) is 0.571. The Bertz CT molecular complexity index is 642. The highest BCUT2D eigenvalue weighted by molar-refractivity contribution is 7.95. The van der Waals surface area contributed by atoms with Crippen molar-refractivity contribution in [1.29, 1.82) is 0 Å². The first kappa shape index (κ1) is 16.9. The van der Waals surface area contributed by atoms with E-state index >= 15 is 0 Å². The minimum absolute atomic E-state index is 0.188. The van der Waals surface area contributed by atoms with Gasteiger partial charge in [-0.05, 0) is 24.3 Å². The van der Waals surface area contributed by atoms with E-state index in [2.05, 4.69) is 23.5 Å². The van der Waals surface area contributed by atoms with Crippen LogP contribution < -0.4 is 4.90 Å². The highest BCUT2D eigenvalue weighted by Gasteiger charge is 2.39. The van der Waals surface area contributed by atoms with Crippen LogP contribution in [0.4, 0.5) is 24.5 Å². The maximum absolute atomic E-state index is 12.4. The summed E-state index contributed by atoms with van der Waals surface area (Å²) in [5, 5.41) is 0. The van der Waals surface area contributed by atoms with Crippen molar-refractivity contribution in [3.05, 3.63) is 28.5 Å². The maximum Gasteiger partial charge on any atom is 0.483 e. The van der Waals surface area contributed by atoms with Crippen LogP contribution in [-0.4, -0.2) is 27.0 Å². The van der Waals surface area contributed by atoms with E-state index in [1.54, 1.807) is 6.07 Å². The molecule has 1 aromatic rings. The normalized spacial score (nSPS) is 15.8. The molecule has 0 aromatic heterocycles. The first-order valence-corrected chi connectivity index (χ1v) is 8.46. The molecule has 0 bridgehead atoms. The van der Waals surface area contributed by atoms with Crippen LogP contribution in [0.25, 0.3) is 4.72 Å². The molecule has 0 N–H and O–H groups in total.